The Balaban J connectivity index is 0.000000264. The molecule has 34 heteroatoms. The van der Waals surface area contributed by atoms with Crippen molar-refractivity contribution >= 4 is 144 Å². The number of benzene rings is 5. The first kappa shape index (κ1) is 125. The fraction of sp³-hybridized carbons (Fsp3) is 0.620. The number of carbonyl (C=O) groups excluding carboxylic acids is 5. The van der Waals surface area contributed by atoms with Crippen LogP contribution in [0.15, 0.2) is 144 Å². The highest BCUT2D eigenvalue weighted by Gasteiger charge is 2.36. The van der Waals surface area contributed by atoms with Crippen molar-refractivity contribution in [3.05, 3.63) is 195 Å². The van der Waals surface area contributed by atoms with Crippen molar-refractivity contribution < 1.29 is 90.3 Å². The first-order valence-corrected chi connectivity index (χ1v) is 68.5. The Labute approximate surface area is 892 Å². The predicted molar refractivity (Wildman–Crippen MR) is 595 cm³/mol. The smallest absolute Gasteiger partial charge is 0.412 e. The minimum atomic E-state index is -1.21. The Morgan fingerprint density at radius 2 is 0.669 bits per heavy atom. The second-order valence-electron chi connectivity index (χ2n) is 45.7. The first-order valence-electron chi connectivity index (χ1n) is 49.9. The maximum absolute atomic E-state index is 13.0. The Morgan fingerprint density at radius 3 is 0.930 bits per heavy atom. The number of amides is 3. The first-order chi connectivity index (χ1) is 66.2. The number of ether oxygens (including phenoxy) is 14. The highest BCUT2D eigenvalue weighted by atomic mass is 79.9. The number of hydrogen-bond donors (Lipinski definition) is 0. The molecule has 0 saturated carbocycles. The highest BCUT2D eigenvalue weighted by molar-refractivity contribution is 9.11. The van der Waals surface area contributed by atoms with Gasteiger partial charge in [-0.1, -0.05) is 221 Å². The third-order valence-electron chi connectivity index (χ3n) is 22.2. The zero-order valence-electron chi connectivity index (χ0n) is 90.1. The molecule has 1 aromatic heterocycles. The summed E-state index contributed by atoms with van der Waals surface area (Å²) < 4.78 is 86.2. The van der Waals surface area contributed by atoms with Crippen molar-refractivity contribution in [1.29, 1.82) is 0 Å². The van der Waals surface area contributed by atoms with Crippen molar-refractivity contribution in [1.82, 2.24) is 24.5 Å². The summed E-state index contributed by atoms with van der Waals surface area (Å²) in [4.78, 5) is 70.8. The standard InChI is InChI=1S/C24H37N3O4Si.2C21H34BrNO4Si.2C16H21BrO3.C6H15ClOSi.C4H5N/c1-24(2,3)31-23(28)26(18-29-15-16-32(4,5)6)17-22-20-9-7-10-21(19(20)11-14-30-22)27-13-8-12-25-27;2*1-21(2,3)27-20(24)23(15-25-12-13-28(4,5)6)14-19-17-8-7-9-18(22)16(17)10-11-26-19;2*1-16(2,3)20-15(18)8-7-14-12-5-4-6-13(17)11(12)9-10-19-14;1-9(2,3)5-4-8-6-7;1-2-4-5-3-1/h7-10,12-13,22H,11,14-18H2,1-6H3;2*7-9,19H,10-15H2,1-6H3;2*4-6,14H,7-10H2,1-3H3;4-6H2,1-3H3;1-3H,4H2/t22-;2*19-;2*14-;;/m01010../s1. The van der Waals surface area contributed by atoms with Crippen molar-refractivity contribution in [3.8, 4) is 5.69 Å². The lowest BCUT2D eigenvalue weighted by atomic mass is 9.95. The fourth-order valence-corrected chi connectivity index (χ4v) is 20.5. The van der Waals surface area contributed by atoms with E-state index >= 15 is 0 Å². The molecule has 6 aliphatic rings. The number of fused-ring (bicyclic) bond motifs is 5. The Hall–Kier alpha value is -5.81. The molecule has 0 unspecified atom stereocenters. The third-order valence-corrected chi connectivity index (χ3v) is 32.1. The summed E-state index contributed by atoms with van der Waals surface area (Å²) in [5.41, 5.74) is 10.5. The van der Waals surface area contributed by atoms with Crippen LogP contribution in [0.2, 0.25) is 103 Å². The van der Waals surface area contributed by atoms with Gasteiger partial charge in [0, 0.05) is 108 Å². The molecule has 0 N–H and O–H groups in total. The van der Waals surface area contributed by atoms with E-state index in [1.54, 1.807) is 27.1 Å². The summed E-state index contributed by atoms with van der Waals surface area (Å²) in [5, 5.41) is 4.39. The van der Waals surface area contributed by atoms with Crippen molar-refractivity contribution in [2.75, 3.05) is 112 Å². The van der Waals surface area contributed by atoms with Gasteiger partial charge < -0.3 is 66.3 Å². The van der Waals surface area contributed by atoms with Gasteiger partial charge in [0.15, 0.2) is 0 Å². The van der Waals surface area contributed by atoms with E-state index in [4.69, 9.17) is 77.9 Å². The molecule has 0 aliphatic carbocycles. The van der Waals surface area contributed by atoms with Crippen LogP contribution in [-0.2, 0) is 108 Å². The van der Waals surface area contributed by atoms with E-state index in [1.165, 1.54) is 45.0 Å². The molecular formula is C108H167Br4ClN6O19Si4. The summed E-state index contributed by atoms with van der Waals surface area (Å²) in [6, 6.07) is 37.3. The molecule has 0 spiro atoms. The van der Waals surface area contributed by atoms with Gasteiger partial charge >= 0.3 is 30.2 Å². The maximum atomic E-state index is 13.0. The molecule has 0 radical (unpaired) electrons. The molecule has 12 rings (SSSR count). The average molecular weight is 2320 g/mol. The Bertz CT molecular complexity index is 4700. The summed E-state index contributed by atoms with van der Waals surface area (Å²) >= 11 is 19.8. The SMILES string of the molecule is C1=CCN=C1.CC(C)(C)OC(=O)CC[C@@H]1OCCc2c(Br)cccc21.CC(C)(C)OC(=O)CC[C@H]1OCCc2c(Br)cccc21.CC(C)(C)OC(=O)N(COCC[Si](C)(C)C)C[C@@H]1OCCc2c(Br)cccc21.CC(C)(C)OC(=O)N(COCC[Si](C)(C)C)C[C@@H]1OCCc2c1cccc2-n1cccn1.CC(C)(C)OC(=O)N(COCC[Si](C)(C)C)C[C@H]1OCCc2c(Br)cccc21.C[Si](C)(C)CCOCCl. The summed E-state index contributed by atoms with van der Waals surface area (Å²) in [7, 11) is -4.45. The minimum Gasteiger partial charge on any atom is -0.460 e. The largest absolute Gasteiger partial charge is 0.460 e. The molecular weight excluding hydrogens is 2150 g/mol. The van der Waals surface area contributed by atoms with E-state index in [0.717, 1.165) is 104 Å². The highest BCUT2D eigenvalue weighted by Crippen LogP contribution is 2.40. The maximum Gasteiger partial charge on any atom is 0.412 e. The molecule has 6 aromatic rings. The van der Waals surface area contributed by atoms with Gasteiger partial charge in [0.05, 0.1) is 77.1 Å². The van der Waals surface area contributed by atoms with Crippen LogP contribution in [0.3, 0.4) is 0 Å². The van der Waals surface area contributed by atoms with Gasteiger partial charge in [0.25, 0.3) is 0 Å². The Morgan fingerprint density at radius 1 is 0.387 bits per heavy atom. The fourth-order valence-electron chi connectivity index (χ4n) is 15.1. The second kappa shape index (κ2) is 59.5. The lowest BCUT2D eigenvalue weighted by Gasteiger charge is -2.33. The van der Waals surface area contributed by atoms with Gasteiger partial charge in [-0.25, -0.2) is 19.1 Å². The number of aromatic nitrogens is 2. The van der Waals surface area contributed by atoms with Crippen LogP contribution in [-0.4, -0.2) is 233 Å². The third kappa shape index (κ3) is 49.5. The van der Waals surface area contributed by atoms with Gasteiger partial charge in [0.1, 0.15) is 72.6 Å². The number of allylic oxidation sites excluding steroid dienone is 1. The van der Waals surface area contributed by atoms with Crippen LogP contribution in [0, 0.1) is 0 Å². The number of hydrogen-bond acceptors (Lipinski definition) is 21. The Kier molecular flexibility index (Phi) is 52.4. The molecule has 0 bridgehead atoms. The number of alkyl halides is 1. The van der Waals surface area contributed by atoms with Gasteiger partial charge in [-0.05, 0) is 271 Å². The van der Waals surface area contributed by atoms with Gasteiger partial charge in [-0.15, -0.1) is 0 Å². The van der Waals surface area contributed by atoms with Crippen LogP contribution in [0.1, 0.15) is 216 Å². The number of halogens is 5. The van der Waals surface area contributed by atoms with Crippen LogP contribution in [0.25, 0.3) is 5.69 Å². The molecule has 142 heavy (non-hydrogen) atoms. The normalized spacial score (nSPS) is 17.1. The summed E-state index contributed by atoms with van der Waals surface area (Å²) in [6.45, 7) is 64.7. The van der Waals surface area contributed by atoms with Crippen molar-refractivity contribution in [2.24, 2.45) is 4.99 Å². The topological polar surface area (TPSA) is 254 Å². The number of nitrogens with zero attached hydrogens (tertiary/aromatic N) is 6. The van der Waals surface area contributed by atoms with Crippen LogP contribution in [0.5, 0.6) is 0 Å². The zero-order valence-corrected chi connectivity index (χ0v) is 101. The lowest BCUT2D eigenvalue weighted by Crippen LogP contribution is -2.42. The number of aliphatic imine (C=N–C) groups is 1. The predicted octanol–water partition coefficient (Wildman–Crippen LogP) is 27.8. The molecule has 6 aliphatic heterocycles. The van der Waals surface area contributed by atoms with Gasteiger partial charge in [-0.2, -0.15) is 5.10 Å². The van der Waals surface area contributed by atoms with Crippen LogP contribution in [0.4, 0.5) is 14.4 Å². The molecule has 25 nitrogen and oxygen atoms in total. The van der Waals surface area contributed by atoms with E-state index in [1.807, 2.05) is 175 Å². The van der Waals surface area contributed by atoms with E-state index in [0.29, 0.717) is 104 Å². The lowest BCUT2D eigenvalue weighted by molar-refractivity contribution is -0.156. The molecule has 0 saturated heterocycles. The average Bonchev–Trinajstić information content (AvgIpc) is 1.35. The van der Waals surface area contributed by atoms with Crippen LogP contribution >= 0.6 is 75.3 Å². The van der Waals surface area contributed by atoms with Gasteiger partial charge in [-0.3, -0.25) is 29.3 Å². The second-order valence-corrected chi connectivity index (χ2v) is 71.9. The van der Waals surface area contributed by atoms with Crippen molar-refractivity contribution in [2.45, 2.75) is 323 Å². The zero-order chi connectivity index (χ0) is 106. The quantitative estimate of drug-likeness (QED) is 0.00949. The van der Waals surface area contributed by atoms with Gasteiger partial charge in [0.2, 0.25) is 0 Å². The summed E-state index contributed by atoms with van der Waals surface area (Å²) in [6.07, 6.45) is 14.2. The van der Waals surface area contributed by atoms with E-state index in [2.05, 4.69) is 201 Å². The molecule has 794 valence electrons. The molecule has 7 heterocycles. The van der Waals surface area contributed by atoms with Crippen molar-refractivity contribution in [3.63, 3.8) is 0 Å². The van der Waals surface area contributed by atoms with Crippen LogP contribution < -0.4 is 0 Å². The molecule has 5 aromatic carbocycles. The van der Waals surface area contributed by atoms with E-state index < -0.39 is 60.3 Å². The number of esters is 2. The molecule has 5 atom stereocenters. The number of rotatable bonds is 32. The minimum absolute atomic E-state index is 0.0104. The molecule has 0 fully saturated rings. The van der Waals surface area contributed by atoms with E-state index in [-0.39, 0.29) is 80.9 Å². The molecule has 3 amide bonds. The number of carbonyl (C=O) groups is 5. The monoisotopic (exact) mass is 2310 g/mol. The van der Waals surface area contributed by atoms with E-state index in [9.17, 15) is 24.0 Å². The summed E-state index contributed by atoms with van der Waals surface area (Å²) in [5.74, 6) is -0.327.